The van der Waals surface area contributed by atoms with Gasteiger partial charge in [0.05, 0.1) is 16.7 Å². The Morgan fingerprint density at radius 1 is 1.31 bits per heavy atom. The maximum atomic E-state index is 12.4. The summed E-state index contributed by atoms with van der Waals surface area (Å²) in [6.45, 7) is 7.16. The summed E-state index contributed by atoms with van der Waals surface area (Å²) in [7, 11) is 0. The maximum Gasteiger partial charge on any atom is 0.319 e. The van der Waals surface area contributed by atoms with E-state index in [2.05, 4.69) is 21.3 Å². The molecule has 9 heteroatoms. The first-order valence-corrected chi connectivity index (χ1v) is 8.59. The van der Waals surface area contributed by atoms with Crippen molar-refractivity contribution in [2.45, 2.75) is 32.4 Å². The van der Waals surface area contributed by atoms with E-state index < -0.39 is 6.10 Å². The predicted molar refractivity (Wildman–Crippen MR) is 105 cm³/mol. The molecule has 2 atom stereocenters. The van der Waals surface area contributed by atoms with Gasteiger partial charge in [0.15, 0.2) is 0 Å². The quantitative estimate of drug-likeness (QED) is 0.529. The van der Waals surface area contributed by atoms with E-state index in [0.717, 1.165) is 0 Å². The van der Waals surface area contributed by atoms with Crippen LogP contribution in [-0.4, -0.2) is 48.3 Å². The minimum atomic E-state index is -0.468. The molecule has 1 saturated heterocycles. The number of halogens is 2. The van der Waals surface area contributed by atoms with Gasteiger partial charge in [-0.15, -0.1) is 12.4 Å². The Morgan fingerprint density at radius 3 is 2.58 bits per heavy atom. The standard InChI is InChI=1S/C17H25ClN4O3.ClH/c1-17(2,3)22-16(25)21-11-4-5-13(18)12(6-11)15(24)20-8-10-7-19-9-14(10)23;/h4-6,10,14,19,23H,7-9H2,1-3H3,(H,20,24)(H2,21,22,25);1H. The molecule has 0 bridgehead atoms. The molecule has 5 N–H and O–H groups in total. The van der Waals surface area contributed by atoms with Crippen LogP contribution in [0.5, 0.6) is 0 Å². The first-order chi connectivity index (χ1) is 11.7. The first-order valence-electron chi connectivity index (χ1n) is 8.21. The van der Waals surface area contributed by atoms with Crippen molar-refractivity contribution >= 4 is 41.6 Å². The van der Waals surface area contributed by atoms with Gasteiger partial charge < -0.3 is 26.4 Å². The lowest BCUT2D eigenvalue weighted by molar-refractivity contribution is 0.0927. The number of carbonyl (C=O) groups is 2. The largest absolute Gasteiger partial charge is 0.391 e. The fourth-order valence-corrected chi connectivity index (χ4v) is 2.73. The van der Waals surface area contributed by atoms with Crippen LogP contribution in [0.3, 0.4) is 0 Å². The van der Waals surface area contributed by atoms with E-state index in [-0.39, 0.29) is 41.4 Å². The molecule has 1 aliphatic heterocycles. The van der Waals surface area contributed by atoms with Crippen molar-refractivity contribution < 1.29 is 14.7 Å². The molecule has 2 unspecified atom stereocenters. The second kappa shape index (κ2) is 9.41. The molecule has 0 radical (unpaired) electrons. The smallest absolute Gasteiger partial charge is 0.319 e. The summed E-state index contributed by atoms with van der Waals surface area (Å²) >= 11 is 6.11. The third-order valence-electron chi connectivity index (χ3n) is 3.79. The summed E-state index contributed by atoms with van der Waals surface area (Å²) in [6.07, 6.45) is -0.468. The number of hydrogen-bond donors (Lipinski definition) is 5. The number of β-amino-alcohol motifs (C(OH)–C–C–N with tert-alkyl or cyclic N) is 1. The zero-order chi connectivity index (χ0) is 18.6. The van der Waals surface area contributed by atoms with Crippen molar-refractivity contribution in [2.24, 2.45) is 5.92 Å². The van der Waals surface area contributed by atoms with Crippen molar-refractivity contribution in [1.82, 2.24) is 16.0 Å². The average molecular weight is 405 g/mol. The highest BCUT2D eigenvalue weighted by atomic mass is 35.5. The predicted octanol–water partition coefficient (Wildman–Crippen LogP) is 1.99. The zero-order valence-electron chi connectivity index (χ0n) is 15.1. The number of aliphatic hydroxyl groups is 1. The first kappa shape index (κ1) is 22.5. The molecule has 7 nitrogen and oxygen atoms in total. The molecule has 2 rings (SSSR count). The van der Waals surface area contributed by atoms with Gasteiger partial charge in [-0.2, -0.15) is 0 Å². The van der Waals surface area contributed by atoms with Crippen molar-refractivity contribution in [3.63, 3.8) is 0 Å². The van der Waals surface area contributed by atoms with Gasteiger partial charge in [-0.25, -0.2) is 4.79 Å². The van der Waals surface area contributed by atoms with Gasteiger partial charge >= 0.3 is 6.03 Å². The average Bonchev–Trinajstić information content (AvgIpc) is 2.90. The molecule has 26 heavy (non-hydrogen) atoms. The van der Waals surface area contributed by atoms with Crippen molar-refractivity contribution in [3.05, 3.63) is 28.8 Å². The molecule has 0 aromatic heterocycles. The van der Waals surface area contributed by atoms with Crippen LogP contribution in [0.15, 0.2) is 18.2 Å². The summed E-state index contributed by atoms with van der Waals surface area (Å²) in [5.74, 6) is -0.370. The summed E-state index contributed by atoms with van der Waals surface area (Å²) < 4.78 is 0. The third kappa shape index (κ3) is 6.64. The van der Waals surface area contributed by atoms with E-state index in [0.29, 0.717) is 30.3 Å². The molecular weight excluding hydrogens is 379 g/mol. The molecule has 1 aliphatic rings. The summed E-state index contributed by atoms with van der Waals surface area (Å²) in [5, 5.41) is 21.4. The number of carbonyl (C=O) groups excluding carboxylic acids is 2. The molecular formula is C17H26Cl2N4O3. The molecule has 0 aliphatic carbocycles. The zero-order valence-corrected chi connectivity index (χ0v) is 16.6. The van der Waals surface area contributed by atoms with E-state index in [1.807, 2.05) is 20.8 Å². The van der Waals surface area contributed by atoms with Crippen LogP contribution >= 0.6 is 24.0 Å². The molecule has 0 saturated carbocycles. The van der Waals surface area contributed by atoms with Gasteiger partial charge in [0.2, 0.25) is 0 Å². The second-order valence-electron chi connectivity index (χ2n) is 7.22. The number of nitrogens with one attached hydrogen (secondary N) is 4. The van der Waals surface area contributed by atoms with Crippen LogP contribution in [0.4, 0.5) is 10.5 Å². The van der Waals surface area contributed by atoms with Crippen molar-refractivity contribution in [3.8, 4) is 0 Å². The van der Waals surface area contributed by atoms with Crippen LogP contribution in [0.25, 0.3) is 0 Å². The second-order valence-corrected chi connectivity index (χ2v) is 7.63. The molecule has 1 heterocycles. The molecule has 1 aromatic rings. The van der Waals surface area contributed by atoms with E-state index >= 15 is 0 Å². The number of aliphatic hydroxyl groups excluding tert-OH is 1. The Kier molecular flexibility index (Phi) is 8.15. The van der Waals surface area contributed by atoms with E-state index in [4.69, 9.17) is 11.6 Å². The number of benzene rings is 1. The normalized spacial score (nSPS) is 19.4. The van der Waals surface area contributed by atoms with Crippen LogP contribution in [-0.2, 0) is 0 Å². The van der Waals surface area contributed by atoms with Gasteiger partial charge in [-0.05, 0) is 39.0 Å². The summed E-state index contributed by atoms with van der Waals surface area (Å²) in [6, 6.07) is 4.37. The highest BCUT2D eigenvalue weighted by molar-refractivity contribution is 6.34. The molecule has 0 spiro atoms. The van der Waals surface area contributed by atoms with Gasteiger partial charge in [0.25, 0.3) is 5.91 Å². The Bertz CT molecular complexity index is 649. The van der Waals surface area contributed by atoms with E-state index in [1.165, 1.54) is 6.07 Å². The van der Waals surface area contributed by atoms with Crippen molar-refractivity contribution in [1.29, 1.82) is 0 Å². The van der Waals surface area contributed by atoms with Crippen LogP contribution in [0, 0.1) is 5.92 Å². The molecule has 146 valence electrons. The fraction of sp³-hybridized carbons (Fsp3) is 0.529. The molecule has 1 aromatic carbocycles. The summed E-state index contributed by atoms with van der Waals surface area (Å²) in [4.78, 5) is 24.3. The van der Waals surface area contributed by atoms with Crippen LogP contribution in [0.2, 0.25) is 5.02 Å². The lowest BCUT2D eigenvalue weighted by Gasteiger charge is -2.21. The van der Waals surface area contributed by atoms with Crippen molar-refractivity contribution in [2.75, 3.05) is 25.0 Å². The Balaban J connectivity index is 0.00000338. The third-order valence-corrected chi connectivity index (χ3v) is 4.12. The van der Waals surface area contributed by atoms with E-state index in [1.54, 1.807) is 12.1 Å². The lowest BCUT2D eigenvalue weighted by Crippen LogP contribution is -2.43. The topological polar surface area (TPSA) is 102 Å². The van der Waals surface area contributed by atoms with Gasteiger partial charge in [-0.1, -0.05) is 11.6 Å². The highest BCUT2D eigenvalue weighted by Gasteiger charge is 2.25. The van der Waals surface area contributed by atoms with Gasteiger partial charge in [0, 0.05) is 36.8 Å². The van der Waals surface area contributed by atoms with Crippen LogP contribution < -0.4 is 21.3 Å². The lowest BCUT2D eigenvalue weighted by atomic mass is 10.1. The maximum absolute atomic E-state index is 12.4. The van der Waals surface area contributed by atoms with Gasteiger partial charge in [-0.3, -0.25) is 4.79 Å². The number of amides is 3. The number of urea groups is 1. The Labute approximate surface area is 164 Å². The van der Waals surface area contributed by atoms with Crippen LogP contribution in [0.1, 0.15) is 31.1 Å². The Hall–Kier alpha value is -1.54. The number of hydrogen-bond acceptors (Lipinski definition) is 4. The summed E-state index contributed by atoms with van der Waals surface area (Å²) in [5.41, 5.74) is 0.377. The fourth-order valence-electron chi connectivity index (χ4n) is 2.53. The molecule has 3 amide bonds. The minimum absolute atomic E-state index is 0. The Morgan fingerprint density at radius 2 is 2.00 bits per heavy atom. The monoisotopic (exact) mass is 404 g/mol. The number of rotatable bonds is 4. The SMILES string of the molecule is CC(C)(C)NC(=O)Nc1ccc(Cl)c(C(=O)NCC2CNCC2O)c1.Cl. The van der Waals surface area contributed by atoms with E-state index in [9.17, 15) is 14.7 Å². The number of anilines is 1. The minimum Gasteiger partial charge on any atom is -0.391 e. The highest BCUT2D eigenvalue weighted by Crippen LogP contribution is 2.21. The van der Waals surface area contributed by atoms with Gasteiger partial charge in [0.1, 0.15) is 0 Å². The molecule has 1 fully saturated rings.